The first-order chi connectivity index (χ1) is 21.1. The van der Waals surface area contributed by atoms with Crippen LogP contribution < -0.4 is 10.6 Å². The van der Waals surface area contributed by atoms with Crippen LogP contribution in [0.3, 0.4) is 0 Å². The molecule has 0 aromatic heterocycles. The lowest BCUT2D eigenvalue weighted by Gasteiger charge is -2.27. The number of benzene rings is 3. The molecule has 236 valence electrons. The Kier molecular flexibility index (Phi) is 14.2. The van der Waals surface area contributed by atoms with Crippen LogP contribution in [0.15, 0.2) is 103 Å². The normalized spacial score (nSPS) is 13.2. The summed E-state index contributed by atoms with van der Waals surface area (Å²) in [5, 5.41) is 6.03. The zero-order valence-electron chi connectivity index (χ0n) is 27.3. The molecule has 2 atom stereocenters. The summed E-state index contributed by atoms with van der Waals surface area (Å²) in [5.41, 5.74) is 3.24. The first kappa shape index (κ1) is 34.6. The monoisotopic (exact) mass is 596 g/mol. The van der Waals surface area contributed by atoms with Crippen LogP contribution in [0.25, 0.3) is 0 Å². The second kappa shape index (κ2) is 18.1. The zero-order chi connectivity index (χ0) is 31.8. The first-order valence-electron chi connectivity index (χ1n) is 16.2. The fraction of sp³-hybridized carbons (Fsp3) is 0.436. The molecule has 5 nitrogen and oxygen atoms in total. The molecule has 0 aliphatic carbocycles. The van der Waals surface area contributed by atoms with Crippen molar-refractivity contribution in [2.45, 2.75) is 97.2 Å². The summed E-state index contributed by atoms with van der Waals surface area (Å²) in [6.07, 6.45) is 11.1. The number of ether oxygens (including phenoxy) is 1. The molecule has 0 aliphatic heterocycles. The number of hydrogen-bond donors (Lipinski definition) is 2. The van der Waals surface area contributed by atoms with Gasteiger partial charge < -0.3 is 15.4 Å². The Bertz CT molecular complexity index is 1220. The predicted octanol–water partition coefficient (Wildman–Crippen LogP) is 8.48. The van der Waals surface area contributed by atoms with E-state index >= 15 is 0 Å². The van der Waals surface area contributed by atoms with Gasteiger partial charge in [0.15, 0.2) is 0 Å². The van der Waals surface area contributed by atoms with Gasteiger partial charge in [0.25, 0.3) is 0 Å². The van der Waals surface area contributed by atoms with Gasteiger partial charge in [-0.2, -0.15) is 0 Å². The van der Waals surface area contributed by atoms with Crippen molar-refractivity contribution < 1.29 is 14.3 Å². The third-order valence-corrected chi connectivity index (χ3v) is 7.63. The quantitative estimate of drug-likeness (QED) is 0.163. The number of carbonyl (C=O) groups is 2. The highest BCUT2D eigenvalue weighted by molar-refractivity contribution is 5.86. The summed E-state index contributed by atoms with van der Waals surface area (Å²) < 4.78 is 5.44. The number of aryl methyl sites for hydroxylation is 2. The van der Waals surface area contributed by atoms with Crippen molar-refractivity contribution >= 4 is 12.0 Å². The van der Waals surface area contributed by atoms with Crippen molar-refractivity contribution in [3.05, 3.63) is 120 Å². The molecule has 0 saturated heterocycles. The fourth-order valence-corrected chi connectivity index (χ4v) is 5.33. The maximum Gasteiger partial charge on any atom is 0.408 e. The molecule has 0 saturated carbocycles. The molecule has 0 bridgehead atoms. The lowest BCUT2D eigenvalue weighted by Crippen LogP contribution is -2.53. The minimum Gasteiger partial charge on any atom is -0.444 e. The Morgan fingerprint density at radius 2 is 1.18 bits per heavy atom. The molecule has 2 unspecified atom stereocenters. The fourth-order valence-electron chi connectivity index (χ4n) is 5.33. The first-order valence-corrected chi connectivity index (χ1v) is 16.2. The molecule has 0 radical (unpaired) electrons. The molecule has 5 heteroatoms. The van der Waals surface area contributed by atoms with Crippen LogP contribution in [0.5, 0.6) is 0 Å². The Morgan fingerprint density at radius 1 is 0.705 bits per heavy atom. The van der Waals surface area contributed by atoms with Crippen molar-refractivity contribution in [1.82, 2.24) is 10.6 Å². The van der Waals surface area contributed by atoms with Gasteiger partial charge in [0.2, 0.25) is 5.91 Å². The second-order valence-electron chi connectivity index (χ2n) is 13.1. The number of rotatable bonds is 16. The number of carbonyl (C=O) groups excluding carboxylic acids is 2. The van der Waals surface area contributed by atoms with E-state index in [4.69, 9.17) is 4.74 Å². The van der Waals surface area contributed by atoms with Crippen LogP contribution in [0.4, 0.5) is 4.79 Å². The van der Waals surface area contributed by atoms with Crippen LogP contribution in [-0.4, -0.2) is 29.7 Å². The SMILES string of the molecule is CC(C)C(NC(=O)OC(C)(C)C)C(=O)NC(C=CC(CCCc1ccccc1)CCCc1ccccc1)Cc1ccccc1. The summed E-state index contributed by atoms with van der Waals surface area (Å²) in [4.78, 5) is 26.1. The van der Waals surface area contributed by atoms with E-state index in [1.165, 1.54) is 11.1 Å². The van der Waals surface area contributed by atoms with E-state index < -0.39 is 17.7 Å². The molecule has 3 aromatic rings. The van der Waals surface area contributed by atoms with Gasteiger partial charge in [0.05, 0.1) is 6.04 Å². The van der Waals surface area contributed by atoms with E-state index in [1.807, 2.05) is 52.8 Å². The summed E-state index contributed by atoms with van der Waals surface area (Å²) in [7, 11) is 0. The van der Waals surface area contributed by atoms with E-state index in [9.17, 15) is 9.59 Å². The number of alkyl carbamates (subject to hydrolysis) is 1. The van der Waals surface area contributed by atoms with E-state index in [1.54, 1.807) is 0 Å². The second-order valence-corrected chi connectivity index (χ2v) is 13.1. The van der Waals surface area contributed by atoms with Gasteiger partial charge in [-0.25, -0.2) is 4.79 Å². The molecule has 0 aliphatic rings. The zero-order valence-corrected chi connectivity index (χ0v) is 27.3. The minimum atomic E-state index is -0.705. The van der Waals surface area contributed by atoms with Crippen LogP contribution in [-0.2, 0) is 28.8 Å². The summed E-state index contributed by atoms with van der Waals surface area (Å²) in [5.74, 6) is 0.0899. The molecule has 3 aromatic carbocycles. The maximum atomic E-state index is 13.6. The van der Waals surface area contributed by atoms with Crippen molar-refractivity contribution in [2.24, 2.45) is 11.8 Å². The van der Waals surface area contributed by atoms with E-state index in [-0.39, 0.29) is 17.9 Å². The summed E-state index contributed by atoms with van der Waals surface area (Å²) in [6, 6.07) is 30.6. The summed E-state index contributed by atoms with van der Waals surface area (Å²) >= 11 is 0. The van der Waals surface area contributed by atoms with Gasteiger partial charge in [-0.3, -0.25) is 4.79 Å². The largest absolute Gasteiger partial charge is 0.444 e. The highest BCUT2D eigenvalue weighted by Gasteiger charge is 2.28. The van der Waals surface area contributed by atoms with E-state index in [0.717, 1.165) is 44.1 Å². The van der Waals surface area contributed by atoms with E-state index in [0.29, 0.717) is 12.3 Å². The highest BCUT2D eigenvalue weighted by Crippen LogP contribution is 2.20. The standard InChI is InChI=1S/C39H52N2O3/c1-30(2)36(41-38(43)44-39(3,4)5)37(42)40-35(29-34-21-13-8-14-22-34)28-27-33(25-15-23-31-17-9-6-10-18-31)26-16-24-32-19-11-7-12-20-32/h6-14,17-22,27-28,30,33,35-36H,15-16,23-26,29H2,1-5H3,(H,40,42)(H,41,43). The average molecular weight is 597 g/mol. The van der Waals surface area contributed by atoms with Crippen molar-refractivity contribution in [3.63, 3.8) is 0 Å². The number of allylic oxidation sites excluding steroid dienone is 1. The number of hydrogen-bond acceptors (Lipinski definition) is 3. The molecule has 2 amide bonds. The van der Waals surface area contributed by atoms with Gasteiger partial charge in [-0.15, -0.1) is 0 Å². The van der Waals surface area contributed by atoms with Gasteiger partial charge in [0.1, 0.15) is 11.6 Å². The van der Waals surface area contributed by atoms with Crippen LogP contribution in [0.2, 0.25) is 0 Å². The minimum absolute atomic E-state index is 0.104. The Labute approximate surface area is 265 Å². The molecular weight excluding hydrogens is 544 g/mol. The van der Waals surface area contributed by atoms with Crippen LogP contribution >= 0.6 is 0 Å². The smallest absolute Gasteiger partial charge is 0.408 e. The van der Waals surface area contributed by atoms with Gasteiger partial charge >= 0.3 is 6.09 Å². The number of amides is 2. The molecular formula is C39H52N2O3. The Morgan fingerprint density at radius 3 is 1.64 bits per heavy atom. The predicted molar refractivity (Wildman–Crippen MR) is 181 cm³/mol. The molecule has 2 N–H and O–H groups in total. The molecule has 44 heavy (non-hydrogen) atoms. The third-order valence-electron chi connectivity index (χ3n) is 7.63. The van der Waals surface area contributed by atoms with Gasteiger partial charge in [-0.1, -0.05) is 117 Å². The average Bonchev–Trinajstić information content (AvgIpc) is 2.98. The van der Waals surface area contributed by atoms with Crippen molar-refractivity contribution in [3.8, 4) is 0 Å². The lowest BCUT2D eigenvalue weighted by molar-refractivity contribution is -0.124. The van der Waals surface area contributed by atoms with Crippen molar-refractivity contribution in [2.75, 3.05) is 0 Å². The molecule has 0 spiro atoms. The number of nitrogens with one attached hydrogen (secondary N) is 2. The Hall–Kier alpha value is -3.86. The Balaban J connectivity index is 1.73. The van der Waals surface area contributed by atoms with Crippen LogP contribution in [0.1, 0.15) is 77.0 Å². The highest BCUT2D eigenvalue weighted by atomic mass is 16.6. The molecule has 3 rings (SSSR count). The third kappa shape index (κ3) is 13.6. The van der Waals surface area contributed by atoms with Crippen molar-refractivity contribution in [1.29, 1.82) is 0 Å². The molecule has 0 fully saturated rings. The lowest BCUT2D eigenvalue weighted by atomic mass is 9.92. The van der Waals surface area contributed by atoms with Crippen LogP contribution in [0, 0.1) is 11.8 Å². The topological polar surface area (TPSA) is 67.4 Å². The molecule has 0 heterocycles. The van der Waals surface area contributed by atoms with Gasteiger partial charge in [-0.05, 0) is 94.2 Å². The van der Waals surface area contributed by atoms with Gasteiger partial charge in [0, 0.05) is 0 Å². The van der Waals surface area contributed by atoms with E-state index in [2.05, 4.69) is 95.6 Å². The summed E-state index contributed by atoms with van der Waals surface area (Å²) in [6.45, 7) is 9.30. The maximum absolute atomic E-state index is 13.6.